The molecule has 0 fully saturated rings. The molecule has 0 N–H and O–H groups in total. The zero-order chi connectivity index (χ0) is 8.27. The number of hydrogen-bond donors (Lipinski definition) is 0. The largest absolute Gasteiger partial charge is 0.378 e. The van der Waals surface area contributed by atoms with E-state index in [-0.39, 0.29) is 0 Å². The molecule has 1 aromatic rings. The quantitative estimate of drug-likeness (QED) is 0.566. The summed E-state index contributed by atoms with van der Waals surface area (Å²) in [5.74, 6) is 0. The van der Waals surface area contributed by atoms with Crippen LogP contribution in [0.5, 0.6) is 0 Å². The summed E-state index contributed by atoms with van der Waals surface area (Å²) >= 11 is 0. The van der Waals surface area contributed by atoms with Crippen LogP contribution in [0.1, 0.15) is 16.2 Å². The number of methoxy groups -OCH3 is 1. The Morgan fingerprint density at radius 2 is 2.45 bits per heavy atom. The molecule has 0 bridgehead atoms. The molecule has 0 aliphatic heterocycles. The molecule has 0 atom stereocenters. The second kappa shape index (κ2) is 3.25. The number of ether oxygens (including phenoxy) is 1. The second-order valence-corrected chi connectivity index (χ2v) is 2.10. The average Bonchev–Trinajstić information content (AvgIpc) is 2.34. The Bertz CT molecular complexity index is 256. The van der Waals surface area contributed by atoms with Crippen LogP contribution in [-0.4, -0.2) is 28.4 Å². The fourth-order valence-corrected chi connectivity index (χ4v) is 0.788. The van der Waals surface area contributed by atoms with Gasteiger partial charge in [-0.05, 0) is 0 Å². The Morgan fingerprint density at radius 1 is 1.73 bits per heavy atom. The molecule has 11 heavy (non-hydrogen) atoms. The molecule has 5 nitrogen and oxygen atoms in total. The average molecular weight is 155 g/mol. The summed E-state index contributed by atoms with van der Waals surface area (Å²) < 4.78 is 6.37. The number of carbonyl (C=O) groups is 1. The Balaban J connectivity index is 2.97. The Hall–Kier alpha value is -1.23. The van der Waals surface area contributed by atoms with Crippen molar-refractivity contribution in [3.63, 3.8) is 0 Å². The van der Waals surface area contributed by atoms with Crippen molar-refractivity contribution in [2.45, 2.75) is 6.61 Å². The molecular formula is C6H9N3O2. The number of rotatable bonds is 3. The van der Waals surface area contributed by atoms with Gasteiger partial charge in [0, 0.05) is 14.2 Å². The Kier molecular flexibility index (Phi) is 2.32. The van der Waals surface area contributed by atoms with E-state index in [9.17, 15) is 4.79 Å². The van der Waals surface area contributed by atoms with Crippen LogP contribution in [-0.2, 0) is 18.4 Å². The monoisotopic (exact) mass is 155 g/mol. The third-order valence-electron chi connectivity index (χ3n) is 1.37. The Morgan fingerprint density at radius 3 is 3.00 bits per heavy atom. The first-order valence-corrected chi connectivity index (χ1v) is 3.12. The van der Waals surface area contributed by atoms with E-state index < -0.39 is 0 Å². The van der Waals surface area contributed by atoms with Crippen LogP contribution in [0.25, 0.3) is 0 Å². The Labute approximate surface area is 64.0 Å². The van der Waals surface area contributed by atoms with Crippen molar-refractivity contribution in [1.29, 1.82) is 0 Å². The first-order chi connectivity index (χ1) is 5.29. The smallest absolute Gasteiger partial charge is 0.172 e. The molecule has 0 unspecified atom stereocenters. The van der Waals surface area contributed by atoms with Crippen molar-refractivity contribution in [2.24, 2.45) is 7.05 Å². The highest BCUT2D eigenvalue weighted by Crippen LogP contribution is 2.01. The lowest BCUT2D eigenvalue weighted by atomic mass is 10.3. The molecule has 1 heterocycles. The lowest BCUT2D eigenvalue weighted by molar-refractivity contribution is 0.111. The van der Waals surface area contributed by atoms with Gasteiger partial charge < -0.3 is 4.74 Å². The maximum absolute atomic E-state index is 10.3. The van der Waals surface area contributed by atoms with Gasteiger partial charge in [0.2, 0.25) is 0 Å². The van der Waals surface area contributed by atoms with Gasteiger partial charge >= 0.3 is 0 Å². The summed E-state index contributed by atoms with van der Waals surface area (Å²) in [6.45, 7) is 0.359. The summed E-state index contributed by atoms with van der Waals surface area (Å²) in [5, 5.41) is 7.28. The van der Waals surface area contributed by atoms with E-state index >= 15 is 0 Å². The third-order valence-corrected chi connectivity index (χ3v) is 1.37. The zero-order valence-corrected chi connectivity index (χ0v) is 6.44. The number of nitrogens with zero attached hydrogens (tertiary/aromatic N) is 3. The summed E-state index contributed by atoms with van der Waals surface area (Å²) in [5.41, 5.74) is 1.04. The van der Waals surface area contributed by atoms with E-state index in [0.29, 0.717) is 24.3 Å². The van der Waals surface area contributed by atoms with Crippen molar-refractivity contribution in [1.82, 2.24) is 15.0 Å². The van der Waals surface area contributed by atoms with E-state index in [1.54, 1.807) is 14.2 Å². The van der Waals surface area contributed by atoms with Gasteiger partial charge in [0.25, 0.3) is 0 Å². The van der Waals surface area contributed by atoms with Gasteiger partial charge in [0.05, 0.1) is 12.3 Å². The third kappa shape index (κ3) is 1.43. The summed E-state index contributed by atoms with van der Waals surface area (Å²) in [6, 6.07) is 0. The van der Waals surface area contributed by atoms with E-state index in [2.05, 4.69) is 10.3 Å². The van der Waals surface area contributed by atoms with Crippen molar-refractivity contribution in [2.75, 3.05) is 7.11 Å². The predicted octanol–water partition coefficient (Wildman–Crippen LogP) is -0.226. The number of aldehydes is 1. The minimum Gasteiger partial charge on any atom is -0.378 e. The SMILES string of the molecule is COCc1c(C=O)nnn1C. The predicted molar refractivity (Wildman–Crippen MR) is 37.1 cm³/mol. The molecule has 0 aliphatic carbocycles. The number of hydrogen-bond acceptors (Lipinski definition) is 4. The van der Waals surface area contributed by atoms with E-state index in [1.807, 2.05) is 0 Å². The van der Waals surface area contributed by atoms with E-state index in [4.69, 9.17) is 4.74 Å². The molecule has 0 spiro atoms. The second-order valence-electron chi connectivity index (χ2n) is 2.10. The molecule has 1 rings (SSSR count). The maximum Gasteiger partial charge on any atom is 0.172 e. The molecule has 0 saturated heterocycles. The van der Waals surface area contributed by atoms with Gasteiger partial charge in [-0.2, -0.15) is 0 Å². The van der Waals surface area contributed by atoms with Gasteiger partial charge in [-0.25, -0.2) is 4.68 Å². The lowest BCUT2D eigenvalue weighted by Crippen LogP contribution is -2.01. The summed E-state index contributed by atoms with van der Waals surface area (Å²) in [6.07, 6.45) is 0.668. The van der Waals surface area contributed by atoms with Crippen molar-refractivity contribution < 1.29 is 9.53 Å². The standard InChI is InChI=1S/C6H9N3O2/c1-9-6(4-11-2)5(3-10)7-8-9/h3H,4H2,1-2H3. The topological polar surface area (TPSA) is 57.0 Å². The van der Waals surface area contributed by atoms with Crippen LogP contribution in [0, 0.1) is 0 Å². The first kappa shape index (κ1) is 7.87. The van der Waals surface area contributed by atoms with Crippen LogP contribution in [0.3, 0.4) is 0 Å². The summed E-state index contributed by atoms with van der Waals surface area (Å²) in [7, 11) is 3.27. The lowest BCUT2D eigenvalue weighted by Gasteiger charge is -1.97. The van der Waals surface area contributed by atoms with Crippen LogP contribution < -0.4 is 0 Å². The highest BCUT2D eigenvalue weighted by molar-refractivity contribution is 5.72. The van der Waals surface area contributed by atoms with Crippen molar-refractivity contribution in [3.8, 4) is 0 Å². The van der Waals surface area contributed by atoms with Gasteiger partial charge in [0.1, 0.15) is 0 Å². The first-order valence-electron chi connectivity index (χ1n) is 3.12. The molecule has 0 aliphatic rings. The molecular weight excluding hydrogens is 146 g/mol. The molecule has 0 aromatic carbocycles. The van der Waals surface area contributed by atoms with Gasteiger partial charge in [-0.1, -0.05) is 5.21 Å². The minimum atomic E-state index is 0.342. The molecule has 60 valence electrons. The van der Waals surface area contributed by atoms with Crippen molar-refractivity contribution in [3.05, 3.63) is 11.4 Å². The fourth-order valence-electron chi connectivity index (χ4n) is 0.788. The zero-order valence-electron chi connectivity index (χ0n) is 6.44. The van der Waals surface area contributed by atoms with Gasteiger partial charge in [-0.15, -0.1) is 5.10 Å². The molecule has 1 aromatic heterocycles. The number of aryl methyl sites for hydroxylation is 1. The molecule has 5 heteroatoms. The normalized spacial score (nSPS) is 10.0. The van der Waals surface area contributed by atoms with Crippen LogP contribution in [0.15, 0.2) is 0 Å². The number of carbonyl (C=O) groups excluding carboxylic acids is 1. The van der Waals surface area contributed by atoms with E-state index in [1.165, 1.54) is 4.68 Å². The molecule has 0 radical (unpaired) electrons. The number of aromatic nitrogens is 3. The summed E-state index contributed by atoms with van der Waals surface area (Å²) in [4.78, 5) is 10.3. The van der Waals surface area contributed by atoms with Crippen LogP contribution in [0.4, 0.5) is 0 Å². The highest BCUT2D eigenvalue weighted by Gasteiger charge is 2.07. The fraction of sp³-hybridized carbons (Fsp3) is 0.500. The highest BCUT2D eigenvalue weighted by atomic mass is 16.5. The van der Waals surface area contributed by atoms with Crippen molar-refractivity contribution >= 4 is 6.29 Å². The maximum atomic E-state index is 10.3. The van der Waals surface area contributed by atoms with Gasteiger partial charge in [-0.3, -0.25) is 4.79 Å². The minimum absolute atomic E-state index is 0.342. The van der Waals surface area contributed by atoms with Crippen LogP contribution in [0.2, 0.25) is 0 Å². The van der Waals surface area contributed by atoms with Crippen LogP contribution >= 0.6 is 0 Å². The molecule has 0 saturated carbocycles. The molecule has 0 amide bonds. The van der Waals surface area contributed by atoms with E-state index in [0.717, 1.165) is 0 Å². The van der Waals surface area contributed by atoms with Gasteiger partial charge in [0.15, 0.2) is 12.0 Å².